The molecule has 0 aliphatic carbocycles. The van der Waals surface area contributed by atoms with Crippen LogP contribution in [0.15, 0.2) is 15.4 Å². The normalized spacial score (nSPS) is 12.8. The molecule has 0 spiro atoms. The Morgan fingerprint density at radius 1 is 1.23 bits per heavy atom. The van der Waals surface area contributed by atoms with E-state index >= 15 is 0 Å². The molecule has 0 aliphatic rings. The second-order valence-electron chi connectivity index (χ2n) is 5.74. The van der Waals surface area contributed by atoms with Crippen LogP contribution in [-0.4, -0.2) is 35.4 Å². The average molecular weight is 336 g/mol. The molecule has 0 amide bonds. The molecule has 3 aromatic rings. The van der Waals surface area contributed by atoms with Crippen LogP contribution >= 0.6 is 23.3 Å². The van der Waals surface area contributed by atoms with E-state index in [1.807, 2.05) is 13.2 Å². The van der Waals surface area contributed by atoms with Gasteiger partial charge in [-0.3, -0.25) is 5.10 Å². The van der Waals surface area contributed by atoms with Crippen LogP contribution in [0.1, 0.15) is 32.3 Å². The van der Waals surface area contributed by atoms with Crippen molar-refractivity contribution in [2.45, 2.75) is 38.3 Å². The second-order valence-corrected chi connectivity index (χ2v) is 7.25. The molecule has 3 rings (SSSR count). The molecule has 0 fully saturated rings. The minimum Gasteiger partial charge on any atom is -0.277 e. The molecule has 0 bridgehead atoms. The monoisotopic (exact) mass is 336 g/mol. The summed E-state index contributed by atoms with van der Waals surface area (Å²) in [4.78, 5) is 8.67. The van der Waals surface area contributed by atoms with Crippen LogP contribution in [0.3, 0.4) is 0 Å². The van der Waals surface area contributed by atoms with Crippen molar-refractivity contribution in [3.63, 3.8) is 0 Å². The Kier molecular flexibility index (Phi) is 3.73. The van der Waals surface area contributed by atoms with Gasteiger partial charge in [-0.1, -0.05) is 32.5 Å². The summed E-state index contributed by atoms with van der Waals surface area (Å²) < 4.78 is 5.81. The minimum absolute atomic E-state index is 0.129. The van der Waals surface area contributed by atoms with E-state index in [-0.39, 0.29) is 5.41 Å². The molecule has 3 aromatic heterocycles. The van der Waals surface area contributed by atoms with Gasteiger partial charge in [-0.15, -0.1) is 15.3 Å². The van der Waals surface area contributed by atoms with Crippen LogP contribution in [0.5, 0.6) is 0 Å². The minimum atomic E-state index is -0.129. The molecule has 0 radical (unpaired) electrons. The largest absolute Gasteiger partial charge is 0.277 e. The number of hydrogen-bond donors (Lipinski definition) is 1. The van der Waals surface area contributed by atoms with Gasteiger partial charge in [0.15, 0.2) is 5.69 Å². The van der Waals surface area contributed by atoms with Gasteiger partial charge in [-0.05, 0) is 13.2 Å². The molecule has 0 aromatic carbocycles. The number of aryl methyl sites for hydroxylation is 1. The maximum atomic E-state index is 4.41. The smallest absolute Gasteiger partial charge is 0.250 e. The Hall–Kier alpha value is -1.81. The summed E-state index contributed by atoms with van der Waals surface area (Å²) in [7, 11) is 0. The third-order valence-corrected chi connectivity index (χ3v) is 4.21. The molecule has 22 heavy (non-hydrogen) atoms. The fourth-order valence-electron chi connectivity index (χ4n) is 1.95. The van der Waals surface area contributed by atoms with Gasteiger partial charge in [0.25, 0.3) is 0 Å². The SMILES string of the molecule is CSc1nsc(N=Nc2c(C(C)(C)C)[nH]n3nc(C)nc23)n1. The highest BCUT2D eigenvalue weighted by atomic mass is 32.2. The van der Waals surface area contributed by atoms with E-state index in [0.717, 1.165) is 5.69 Å². The van der Waals surface area contributed by atoms with Crippen molar-refractivity contribution in [3.8, 4) is 0 Å². The Bertz CT molecular complexity index is 835. The zero-order valence-electron chi connectivity index (χ0n) is 12.9. The number of aromatic amines is 1. The lowest BCUT2D eigenvalue weighted by Gasteiger charge is -2.16. The first-order chi connectivity index (χ1) is 10.4. The van der Waals surface area contributed by atoms with Gasteiger partial charge in [0.1, 0.15) is 5.82 Å². The number of aromatic nitrogens is 6. The molecule has 10 heteroatoms. The Balaban J connectivity index is 2.07. The molecule has 1 N–H and O–H groups in total. The van der Waals surface area contributed by atoms with Crippen LogP contribution in [0, 0.1) is 6.92 Å². The highest BCUT2D eigenvalue weighted by Gasteiger charge is 2.25. The number of rotatable bonds is 3. The predicted octanol–water partition coefficient (Wildman–Crippen LogP) is 3.65. The van der Waals surface area contributed by atoms with E-state index in [9.17, 15) is 0 Å². The number of H-pyrrole nitrogens is 1. The van der Waals surface area contributed by atoms with E-state index in [4.69, 9.17) is 0 Å². The maximum absolute atomic E-state index is 4.41. The molecule has 8 nitrogen and oxygen atoms in total. The maximum Gasteiger partial charge on any atom is 0.250 e. The topological polar surface area (TPSA) is 96.5 Å². The molecule has 0 unspecified atom stereocenters. The first-order valence-electron chi connectivity index (χ1n) is 6.64. The summed E-state index contributed by atoms with van der Waals surface area (Å²) in [5.41, 5.74) is 2.16. The molecule has 0 aliphatic heterocycles. The number of fused-ring (bicyclic) bond motifs is 1. The molecular weight excluding hydrogens is 320 g/mol. The molecule has 116 valence electrons. The van der Waals surface area contributed by atoms with Crippen molar-refractivity contribution in [2.24, 2.45) is 10.2 Å². The van der Waals surface area contributed by atoms with Gasteiger partial charge in [0.05, 0.1) is 5.69 Å². The van der Waals surface area contributed by atoms with Crippen molar-refractivity contribution >= 4 is 39.8 Å². The standard InChI is InChI=1S/C12H16N8S2/c1-6-13-9-7(8(12(2,3)4)18-20(9)17-6)15-16-10-14-11(21-5)19-22-10/h18H,1-5H3. The van der Waals surface area contributed by atoms with Gasteiger partial charge in [-0.25, -0.2) is 4.98 Å². The summed E-state index contributed by atoms with van der Waals surface area (Å²) >= 11 is 2.70. The van der Waals surface area contributed by atoms with E-state index in [0.29, 0.717) is 27.4 Å². The zero-order chi connectivity index (χ0) is 15.9. The van der Waals surface area contributed by atoms with Gasteiger partial charge < -0.3 is 0 Å². The molecule has 0 saturated carbocycles. The van der Waals surface area contributed by atoms with Gasteiger partial charge >= 0.3 is 0 Å². The van der Waals surface area contributed by atoms with Crippen molar-refractivity contribution in [1.82, 2.24) is 29.2 Å². The summed E-state index contributed by atoms with van der Waals surface area (Å²) in [6, 6.07) is 0. The number of nitrogens with zero attached hydrogens (tertiary/aromatic N) is 7. The Labute approximate surface area is 135 Å². The molecule has 0 saturated heterocycles. The Morgan fingerprint density at radius 3 is 2.64 bits per heavy atom. The van der Waals surface area contributed by atoms with E-state index in [1.165, 1.54) is 23.3 Å². The summed E-state index contributed by atoms with van der Waals surface area (Å²) in [5.74, 6) is 0.684. The molecule has 0 atom stereocenters. The number of azo groups is 1. The van der Waals surface area contributed by atoms with Crippen molar-refractivity contribution < 1.29 is 0 Å². The van der Waals surface area contributed by atoms with E-state index in [1.54, 1.807) is 4.63 Å². The predicted molar refractivity (Wildman–Crippen MR) is 86.6 cm³/mol. The number of nitrogens with one attached hydrogen (secondary N) is 1. The summed E-state index contributed by atoms with van der Waals surface area (Å²) in [5, 5.41) is 17.3. The van der Waals surface area contributed by atoms with Crippen LogP contribution in [-0.2, 0) is 5.41 Å². The quantitative estimate of drug-likeness (QED) is 0.581. The lowest BCUT2D eigenvalue weighted by atomic mass is 9.91. The highest BCUT2D eigenvalue weighted by Crippen LogP contribution is 2.34. The summed E-state index contributed by atoms with van der Waals surface area (Å²) in [6.45, 7) is 8.14. The fraction of sp³-hybridized carbons (Fsp3) is 0.500. The molecule has 3 heterocycles. The third kappa shape index (κ3) is 2.75. The van der Waals surface area contributed by atoms with Crippen LogP contribution in [0.4, 0.5) is 10.8 Å². The second kappa shape index (κ2) is 5.43. The van der Waals surface area contributed by atoms with Crippen LogP contribution in [0.2, 0.25) is 0 Å². The van der Waals surface area contributed by atoms with Crippen LogP contribution in [0.25, 0.3) is 5.65 Å². The van der Waals surface area contributed by atoms with Crippen LogP contribution < -0.4 is 0 Å². The first-order valence-corrected chi connectivity index (χ1v) is 8.63. The van der Waals surface area contributed by atoms with Gasteiger partial charge in [-0.2, -0.15) is 14.0 Å². The fourth-order valence-corrected chi connectivity index (χ4v) is 3.00. The molecular formula is C12H16N8S2. The average Bonchev–Trinajstić information content (AvgIpc) is 3.09. The summed E-state index contributed by atoms with van der Waals surface area (Å²) in [6.07, 6.45) is 1.93. The first kappa shape index (κ1) is 15.1. The third-order valence-electron chi connectivity index (χ3n) is 2.94. The Morgan fingerprint density at radius 2 is 2.00 bits per heavy atom. The number of thioether (sulfide) groups is 1. The lowest BCUT2D eigenvalue weighted by Crippen LogP contribution is -2.12. The zero-order valence-corrected chi connectivity index (χ0v) is 14.6. The van der Waals surface area contributed by atoms with Crippen molar-refractivity contribution in [2.75, 3.05) is 6.26 Å². The van der Waals surface area contributed by atoms with E-state index < -0.39 is 0 Å². The number of hydrogen-bond acceptors (Lipinski definition) is 8. The lowest BCUT2D eigenvalue weighted by molar-refractivity contribution is 0.557. The van der Waals surface area contributed by atoms with Crippen molar-refractivity contribution in [1.29, 1.82) is 0 Å². The highest BCUT2D eigenvalue weighted by molar-refractivity contribution is 7.98. The van der Waals surface area contributed by atoms with Gasteiger partial charge in [0.2, 0.25) is 15.9 Å². The van der Waals surface area contributed by atoms with Gasteiger partial charge in [0, 0.05) is 16.9 Å². The van der Waals surface area contributed by atoms with E-state index in [2.05, 4.69) is 55.5 Å². The van der Waals surface area contributed by atoms with Crippen molar-refractivity contribution in [3.05, 3.63) is 11.5 Å².